The number of rotatable bonds is 38. The van der Waals surface area contributed by atoms with Crippen molar-refractivity contribution in [1.29, 1.82) is 31.6 Å². The molecule has 700 valence electrons. The molecular weight excluding hydrogens is 1760 g/mol. The molecule has 19 nitrogen and oxygen atoms in total. The molecule has 6 heterocycles. The van der Waals surface area contributed by atoms with Crippen molar-refractivity contribution in [3.63, 3.8) is 0 Å². The Labute approximate surface area is 823 Å². The van der Waals surface area contributed by atoms with Gasteiger partial charge in [-0.1, -0.05) is 191 Å². The van der Waals surface area contributed by atoms with Crippen molar-refractivity contribution >= 4 is 106 Å². The van der Waals surface area contributed by atoms with Crippen LogP contribution in [0.15, 0.2) is 262 Å². The fourth-order valence-electron chi connectivity index (χ4n) is 15.5. The number of ether oxygens (including phenoxy) is 6. The SMILES string of the molecule is C.CC1=C(C#N)C(=C(C#N)C#N)OC1(C)c1ccccc1.CCCCN(CCCC)c1ccc(/C=C/c2ccc(C=O)s2)c(OC)c1.[C-]#[N+]C1=C(/C=C/c2ccc(/C=C/c3ccc(N(CCCC)CCCC)cc3OC)s2)C(C)(c2ccccc2)O/C1=C(\C#N)[N+]#[C-].[C-]#[N+]C1=C(/C=C/c2ccc(/C=C/c3ccc(N(CCCC)CCCC)cc3OC)s2)C(C)(c2ccccc2)OC1=C(C#N)C#N. The number of carbonyl (C=O) groups excluding carboxylic acids is 1. The number of thiophene rings is 3. The van der Waals surface area contributed by atoms with E-state index in [0.29, 0.717) is 16.7 Å². The number of nitriles is 6. The molecule has 0 fully saturated rings. The lowest BCUT2D eigenvalue weighted by molar-refractivity contribution is 0.0727. The Morgan fingerprint density at radius 3 is 0.964 bits per heavy atom. The molecule has 0 aliphatic carbocycles. The van der Waals surface area contributed by atoms with E-state index >= 15 is 0 Å². The highest BCUT2D eigenvalue weighted by Crippen LogP contribution is 2.51. The third-order valence-corrected chi connectivity index (χ3v) is 26.5. The molecular formula is C115H120N12O7S3. The van der Waals surface area contributed by atoms with Gasteiger partial charge < -0.3 is 43.1 Å². The maximum atomic E-state index is 10.8. The average Bonchev–Trinajstić information content (AvgIpc) is 1.61. The molecule has 3 aliphatic heterocycles. The summed E-state index contributed by atoms with van der Waals surface area (Å²) in [6.45, 7) is 50.2. The first-order valence-electron chi connectivity index (χ1n) is 45.8. The molecule has 0 saturated heterocycles. The van der Waals surface area contributed by atoms with E-state index in [1.165, 1.54) is 79.8 Å². The zero-order valence-electron chi connectivity index (χ0n) is 79.8. The molecule has 3 atom stereocenters. The topological polar surface area (TPSA) is 238 Å². The van der Waals surface area contributed by atoms with E-state index in [0.717, 1.165) is 151 Å². The van der Waals surface area contributed by atoms with E-state index in [1.807, 2.05) is 197 Å². The van der Waals surface area contributed by atoms with Crippen LogP contribution >= 0.6 is 34.0 Å². The van der Waals surface area contributed by atoms with Crippen molar-refractivity contribution in [2.75, 3.05) is 75.3 Å². The maximum Gasteiger partial charge on any atom is 0.292 e. The minimum Gasteiger partial charge on any atom is -0.500 e. The normalized spacial score (nSPS) is 16.0. The Balaban J connectivity index is 0.000000235. The van der Waals surface area contributed by atoms with Crippen LogP contribution in [0.4, 0.5) is 17.1 Å². The summed E-state index contributed by atoms with van der Waals surface area (Å²) >= 11 is 4.72. The number of allylic oxidation sites excluding steroid dienone is 4. The van der Waals surface area contributed by atoms with Crippen LogP contribution in [-0.2, 0) is 31.0 Å². The van der Waals surface area contributed by atoms with Gasteiger partial charge in [-0.25, -0.2) is 19.8 Å². The first kappa shape index (κ1) is 107. The second kappa shape index (κ2) is 54.3. The zero-order valence-corrected chi connectivity index (χ0v) is 82.3. The highest BCUT2D eigenvalue weighted by atomic mass is 32.1. The molecule has 0 spiro atoms. The number of methoxy groups -OCH3 is 3. The van der Waals surface area contributed by atoms with Crippen molar-refractivity contribution in [2.45, 2.75) is 171 Å². The summed E-state index contributed by atoms with van der Waals surface area (Å²) < 4.78 is 35.5. The molecule has 3 aliphatic rings. The van der Waals surface area contributed by atoms with Crippen LogP contribution in [0.25, 0.3) is 63.1 Å². The number of unbranched alkanes of at least 4 members (excludes halogenated alkanes) is 6. The lowest BCUT2D eigenvalue weighted by Crippen LogP contribution is -2.25. The predicted molar refractivity (Wildman–Crippen MR) is 561 cm³/mol. The number of anilines is 3. The molecule has 3 aromatic heterocycles. The Hall–Kier alpha value is -15.2. The Kier molecular flexibility index (Phi) is 42.4. The third-order valence-electron chi connectivity index (χ3n) is 23.5. The van der Waals surface area contributed by atoms with Gasteiger partial charge in [-0.15, -0.1) is 34.0 Å². The maximum absolute atomic E-state index is 10.8. The minimum absolute atomic E-state index is 0. The van der Waals surface area contributed by atoms with Crippen LogP contribution in [0.5, 0.6) is 17.2 Å². The van der Waals surface area contributed by atoms with E-state index in [9.17, 15) is 25.8 Å². The molecule has 0 bridgehead atoms. The van der Waals surface area contributed by atoms with Crippen LogP contribution < -0.4 is 28.9 Å². The van der Waals surface area contributed by atoms with Gasteiger partial charge >= 0.3 is 0 Å². The standard InChI is InChI=1S/2C38H38N4O2S.C22H29NO2S.C16H11N3O.CH4/c1-7-9-24-42(25-10-8-2)30-18-16-28(35(26-30)43-6)17-19-31-20-21-32(45-31)22-23-33-36(41-5)37(34(27-39)40-4)44-38(33,3)29-14-12-11-13-15-29;1-6-8-23-42(24-9-7-2)31-17-15-28(35(25-31)43-5)16-18-32-19-20-33(45-32)21-22-34-36(41-4)37(29(26-39)27-40)44-38(34,3)30-13-11-10-12-14-30;1-4-6-14-23(15-7-5-2)19-10-8-18(22(16-19)25-3)9-11-20-12-13-21(17-24)26-20;1-11-14(10-19)15(12(8-17)9-18)20-16(11,2)13-6-4-3-5-7-13;/h11-23,26H,7-10,24-25H2,1-3,6H3;10-22,25H,6-9,23-24H2,1-3,5H3;8-13,16-17H,4-7,14-15H2,1-3H3;3-7H,1-2H3;1H4/b19-17+,23-22+,37-34+;18-16+,22-21+;11-9+;;. The summed E-state index contributed by atoms with van der Waals surface area (Å²) in [6, 6.07) is 71.0. The summed E-state index contributed by atoms with van der Waals surface area (Å²) in [5.74, 6) is 2.69. The van der Waals surface area contributed by atoms with Crippen LogP contribution in [0.1, 0.15) is 221 Å². The Morgan fingerprint density at radius 2 is 0.679 bits per heavy atom. The predicted octanol–water partition coefficient (Wildman–Crippen LogP) is 29.7. The molecule has 137 heavy (non-hydrogen) atoms. The minimum atomic E-state index is -1.03. The molecule has 6 aromatic carbocycles. The van der Waals surface area contributed by atoms with Crippen molar-refractivity contribution in [1.82, 2.24) is 0 Å². The van der Waals surface area contributed by atoms with Crippen molar-refractivity contribution in [3.05, 3.63) is 359 Å². The molecule has 9 aromatic rings. The zero-order chi connectivity index (χ0) is 98.0. The fraction of sp³-hybridized carbons (Fsp3) is 0.304. The lowest BCUT2D eigenvalue weighted by Gasteiger charge is -2.28. The Bertz CT molecular complexity index is 6100. The van der Waals surface area contributed by atoms with Gasteiger partial charge in [0.15, 0.2) is 34.6 Å². The first-order chi connectivity index (χ1) is 66.1. The molecule has 22 heteroatoms. The van der Waals surface area contributed by atoms with E-state index in [4.69, 9.17) is 58.7 Å². The van der Waals surface area contributed by atoms with Crippen LogP contribution in [0.2, 0.25) is 0 Å². The van der Waals surface area contributed by atoms with Gasteiger partial charge in [0, 0.05) is 127 Å². The summed E-state index contributed by atoms with van der Waals surface area (Å²) in [7, 11) is 5.15. The van der Waals surface area contributed by atoms with Crippen molar-refractivity contribution in [3.8, 4) is 53.7 Å². The Morgan fingerprint density at radius 1 is 0.387 bits per heavy atom. The second-order valence-electron chi connectivity index (χ2n) is 32.5. The van der Waals surface area contributed by atoms with Gasteiger partial charge in [0.05, 0.1) is 57.6 Å². The largest absolute Gasteiger partial charge is 0.500 e. The quantitative estimate of drug-likeness (QED) is 0.0199. The molecule has 0 saturated carbocycles. The first-order valence-corrected chi connectivity index (χ1v) is 48.2. The number of carbonyl (C=O) groups is 1. The molecule has 12 rings (SSSR count). The summed E-state index contributed by atoms with van der Waals surface area (Å²) in [5, 5.41) is 55.9. The van der Waals surface area contributed by atoms with Gasteiger partial charge in [0.25, 0.3) is 5.70 Å². The molecule has 0 N–H and O–H groups in total. The number of benzene rings is 6. The van der Waals surface area contributed by atoms with Gasteiger partial charge in [0.1, 0.15) is 64.6 Å². The fourth-order valence-corrected chi connectivity index (χ4v) is 17.9. The van der Waals surface area contributed by atoms with Gasteiger partial charge in [-0.3, -0.25) is 4.79 Å². The van der Waals surface area contributed by atoms with Crippen molar-refractivity contribution in [2.24, 2.45) is 0 Å². The van der Waals surface area contributed by atoms with E-state index in [1.54, 1.807) is 63.1 Å². The van der Waals surface area contributed by atoms with Crippen LogP contribution in [0, 0.1) is 87.7 Å². The van der Waals surface area contributed by atoms with Gasteiger partial charge in [0.2, 0.25) is 11.4 Å². The van der Waals surface area contributed by atoms with E-state index < -0.39 is 16.8 Å². The third kappa shape index (κ3) is 27.6. The number of hydrogen-bond donors (Lipinski definition) is 0. The summed E-state index contributed by atoms with van der Waals surface area (Å²) in [4.78, 5) is 34.8. The van der Waals surface area contributed by atoms with Gasteiger partial charge in [-0.05, 0) is 210 Å². The highest BCUT2D eigenvalue weighted by Gasteiger charge is 2.46. The smallest absolute Gasteiger partial charge is 0.292 e. The van der Waals surface area contributed by atoms with Crippen molar-refractivity contribution < 1.29 is 33.2 Å². The number of hydrogen-bond acceptors (Lipinski definition) is 19. The average molecular weight is 1880 g/mol. The molecule has 0 radical (unpaired) electrons. The number of aldehydes is 1. The summed E-state index contributed by atoms with van der Waals surface area (Å²) in [5.41, 5.74) is 8.21. The second-order valence-corrected chi connectivity index (χ2v) is 35.9. The molecule has 0 amide bonds. The monoisotopic (exact) mass is 1880 g/mol. The van der Waals surface area contributed by atoms with Gasteiger partial charge in [-0.2, -0.15) is 26.3 Å². The molecule has 3 unspecified atom stereocenters. The van der Waals surface area contributed by atoms with Crippen LogP contribution in [0.3, 0.4) is 0 Å². The summed E-state index contributed by atoms with van der Waals surface area (Å²) in [6.07, 6.45) is 35.0. The van der Waals surface area contributed by atoms with E-state index in [2.05, 4.69) is 162 Å². The lowest BCUT2D eigenvalue weighted by atomic mass is 9.87. The van der Waals surface area contributed by atoms with E-state index in [-0.39, 0.29) is 58.5 Å². The number of nitrogens with zero attached hydrogens (tertiary/aromatic N) is 12. The highest BCUT2D eigenvalue weighted by molar-refractivity contribution is 7.14. The van der Waals surface area contributed by atoms with Crippen LogP contribution in [-0.4, -0.2) is 66.9 Å².